The molecule has 1 aliphatic rings. The standard InChI is InChI=1S/C23H28N2O3/c1-2-22(26)25-14-6-7-20(16-25)23(27)24-15-18-10-12-19(13-11-18)17-28-21-8-4-3-5-9-21/h3-5,8-13,20H,2,6-7,14-17H2,1H3,(H,24,27). The highest BCUT2D eigenvalue weighted by Gasteiger charge is 2.27. The molecule has 5 heteroatoms. The second kappa shape index (κ2) is 9.93. The maximum atomic E-state index is 12.5. The molecule has 2 aromatic rings. The number of ether oxygens (including phenoxy) is 1. The number of nitrogens with zero attached hydrogens (tertiary/aromatic N) is 1. The molecule has 2 amide bonds. The summed E-state index contributed by atoms with van der Waals surface area (Å²) in [7, 11) is 0. The van der Waals surface area contributed by atoms with Crippen LogP contribution in [0.4, 0.5) is 0 Å². The van der Waals surface area contributed by atoms with Gasteiger partial charge in [-0.2, -0.15) is 0 Å². The quantitative estimate of drug-likeness (QED) is 0.799. The van der Waals surface area contributed by atoms with Crippen LogP contribution in [0.5, 0.6) is 5.75 Å². The number of rotatable bonds is 7. The van der Waals surface area contributed by atoms with E-state index in [9.17, 15) is 9.59 Å². The summed E-state index contributed by atoms with van der Waals surface area (Å²) < 4.78 is 5.75. The molecule has 1 unspecified atom stereocenters. The zero-order valence-corrected chi connectivity index (χ0v) is 16.4. The molecule has 1 saturated heterocycles. The van der Waals surface area contributed by atoms with Crippen LogP contribution in [0, 0.1) is 5.92 Å². The van der Waals surface area contributed by atoms with E-state index in [-0.39, 0.29) is 17.7 Å². The minimum absolute atomic E-state index is 0.0325. The fourth-order valence-corrected chi connectivity index (χ4v) is 3.41. The smallest absolute Gasteiger partial charge is 0.225 e. The molecule has 0 saturated carbocycles. The lowest BCUT2D eigenvalue weighted by Crippen LogP contribution is -2.45. The summed E-state index contributed by atoms with van der Waals surface area (Å²) in [5.74, 6) is 0.903. The number of amides is 2. The molecule has 1 heterocycles. The van der Waals surface area contributed by atoms with Crippen LogP contribution in [0.15, 0.2) is 54.6 Å². The van der Waals surface area contributed by atoms with Gasteiger partial charge in [0, 0.05) is 26.1 Å². The highest BCUT2D eigenvalue weighted by Crippen LogP contribution is 2.18. The molecule has 1 fully saturated rings. The molecule has 1 atom stereocenters. The van der Waals surface area contributed by atoms with Crippen molar-refractivity contribution >= 4 is 11.8 Å². The van der Waals surface area contributed by atoms with E-state index in [1.165, 1.54) is 0 Å². The fraction of sp³-hybridized carbons (Fsp3) is 0.391. The monoisotopic (exact) mass is 380 g/mol. The maximum Gasteiger partial charge on any atom is 0.225 e. The van der Waals surface area contributed by atoms with Crippen LogP contribution in [-0.2, 0) is 22.7 Å². The first kappa shape index (κ1) is 19.9. The number of benzene rings is 2. The van der Waals surface area contributed by atoms with Crippen LogP contribution < -0.4 is 10.1 Å². The summed E-state index contributed by atoms with van der Waals surface area (Å²) in [6.45, 7) is 4.18. The van der Waals surface area contributed by atoms with Gasteiger partial charge in [0.2, 0.25) is 11.8 Å². The lowest BCUT2D eigenvalue weighted by Gasteiger charge is -2.31. The van der Waals surface area contributed by atoms with Gasteiger partial charge in [-0.3, -0.25) is 9.59 Å². The third-order valence-electron chi connectivity index (χ3n) is 5.09. The summed E-state index contributed by atoms with van der Waals surface area (Å²) in [5.41, 5.74) is 2.13. The lowest BCUT2D eigenvalue weighted by molar-refractivity contribution is -0.135. The first-order valence-electron chi connectivity index (χ1n) is 9.97. The molecule has 0 aliphatic carbocycles. The molecule has 0 bridgehead atoms. The highest BCUT2D eigenvalue weighted by atomic mass is 16.5. The molecule has 5 nitrogen and oxygen atoms in total. The molecule has 28 heavy (non-hydrogen) atoms. The summed E-state index contributed by atoms with van der Waals surface area (Å²) in [5, 5.41) is 3.02. The largest absolute Gasteiger partial charge is 0.489 e. The number of para-hydroxylation sites is 1. The third-order valence-corrected chi connectivity index (χ3v) is 5.09. The molecule has 1 N–H and O–H groups in total. The maximum absolute atomic E-state index is 12.5. The Kier molecular flexibility index (Phi) is 7.06. The molecule has 0 aromatic heterocycles. The van der Waals surface area contributed by atoms with Crippen molar-refractivity contribution in [2.75, 3.05) is 13.1 Å². The molecule has 3 rings (SSSR count). The van der Waals surface area contributed by atoms with Crippen molar-refractivity contribution in [3.63, 3.8) is 0 Å². The Morgan fingerprint density at radius 3 is 2.50 bits per heavy atom. The predicted molar refractivity (Wildman–Crippen MR) is 109 cm³/mol. The van der Waals surface area contributed by atoms with E-state index in [2.05, 4.69) is 5.32 Å². The number of carbonyl (C=O) groups is 2. The van der Waals surface area contributed by atoms with Crippen LogP contribution in [0.3, 0.4) is 0 Å². The molecule has 2 aromatic carbocycles. The first-order chi connectivity index (χ1) is 13.7. The fourth-order valence-electron chi connectivity index (χ4n) is 3.41. The Bertz CT molecular complexity index is 774. The number of nitrogens with one attached hydrogen (secondary N) is 1. The predicted octanol–water partition coefficient (Wildman–Crippen LogP) is 3.53. The van der Waals surface area contributed by atoms with Gasteiger partial charge in [0.15, 0.2) is 0 Å². The van der Waals surface area contributed by atoms with E-state index in [0.29, 0.717) is 26.1 Å². The van der Waals surface area contributed by atoms with Gasteiger partial charge in [-0.1, -0.05) is 49.4 Å². The van der Waals surface area contributed by atoms with E-state index in [4.69, 9.17) is 4.74 Å². The highest BCUT2D eigenvalue weighted by molar-refractivity contribution is 5.81. The van der Waals surface area contributed by atoms with Crippen molar-refractivity contribution in [2.45, 2.75) is 39.3 Å². The van der Waals surface area contributed by atoms with E-state index in [1.54, 1.807) is 0 Å². The van der Waals surface area contributed by atoms with Gasteiger partial charge in [0.1, 0.15) is 12.4 Å². The zero-order valence-electron chi connectivity index (χ0n) is 16.4. The molecule has 0 radical (unpaired) electrons. The van der Waals surface area contributed by atoms with Crippen molar-refractivity contribution in [2.24, 2.45) is 5.92 Å². The zero-order chi connectivity index (χ0) is 19.8. The van der Waals surface area contributed by atoms with Gasteiger partial charge in [-0.25, -0.2) is 0 Å². The topological polar surface area (TPSA) is 58.6 Å². The van der Waals surface area contributed by atoms with Crippen LogP contribution in [-0.4, -0.2) is 29.8 Å². The van der Waals surface area contributed by atoms with Crippen molar-refractivity contribution < 1.29 is 14.3 Å². The van der Waals surface area contributed by atoms with Crippen molar-refractivity contribution in [3.8, 4) is 5.75 Å². The number of carbonyl (C=O) groups excluding carboxylic acids is 2. The van der Waals surface area contributed by atoms with Crippen molar-refractivity contribution in [3.05, 3.63) is 65.7 Å². The molecular weight excluding hydrogens is 352 g/mol. The van der Waals surface area contributed by atoms with Crippen LogP contribution >= 0.6 is 0 Å². The van der Waals surface area contributed by atoms with E-state index < -0.39 is 0 Å². The van der Waals surface area contributed by atoms with Crippen LogP contribution in [0.2, 0.25) is 0 Å². The lowest BCUT2D eigenvalue weighted by atomic mass is 9.96. The SMILES string of the molecule is CCC(=O)N1CCCC(C(=O)NCc2ccc(COc3ccccc3)cc2)C1. The molecule has 1 aliphatic heterocycles. The van der Waals surface area contributed by atoms with Gasteiger partial charge >= 0.3 is 0 Å². The second-order valence-corrected chi connectivity index (χ2v) is 7.17. The van der Waals surface area contributed by atoms with Gasteiger partial charge in [-0.15, -0.1) is 0 Å². The molecular formula is C23H28N2O3. The average Bonchev–Trinajstić information content (AvgIpc) is 2.77. The Morgan fingerprint density at radius 2 is 1.79 bits per heavy atom. The van der Waals surface area contributed by atoms with Gasteiger partial charge in [-0.05, 0) is 36.1 Å². The normalized spacial score (nSPS) is 16.5. The Balaban J connectivity index is 1.45. The van der Waals surface area contributed by atoms with Crippen molar-refractivity contribution in [1.29, 1.82) is 0 Å². The summed E-state index contributed by atoms with van der Waals surface area (Å²) >= 11 is 0. The number of hydrogen-bond acceptors (Lipinski definition) is 3. The van der Waals surface area contributed by atoms with E-state index in [1.807, 2.05) is 66.4 Å². The first-order valence-corrected chi connectivity index (χ1v) is 9.97. The minimum Gasteiger partial charge on any atom is -0.489 e. The number of likely N-dealkylation sites (tertiary alicyclic amines) is 1. The second-order valence-electron chi connectivity index (χ2n) is 7.17. The van der Waals surface area contributed by atoms with E-state index in [0.717, 1.165) is 36.3 Å². The average molecular weight is 380 g/mol. The van der Waals surface area contributed by atoms with Gasteiger partial charge in [0.05, 0.1) is 5.92 Å². The molecule has 148 valence electrons. The summed E-state index contributed by atoms with van der Waals surface area (Å²) in [6.07, 6.45) is 2.23. The third kappa shape index (κ3) is 5.59. The van der Waals surface area contributed by atoms with Crippen LogP contribution in [0.25, 0.3) is 0 Å². The Morgan fingerprint density at radius 1 is 1.07 bits per heavy atom. The summed E-state index contributed by atoms with van der Waals surface area (Å²) in [6, 6.07) is 17.8. The number of hydrogen-bond donors (Lipinski definition) is 1. The van der Waals surface area contributed by atoms with Gasteiger partial charge < -0.3 is 15.0 Å². The van der Waals surface area contributed by atoms with E-state index >= 15 is 0 Å². The Hall–Kier alpha value is -2.82. The number of piperidine rings is 1. The molecule has 0 spiro atoms. The van der Waals surface area contributed by atoms with Crippen LogP contribution in [0.1, 0.15) is 37.3 Å². The van der Waals surface area contributed by atoms with Crippen molar-refractivity contribution in [1.82, 2.24) is 10.2 Å². The minimum atomic E-state index is -0.109. The van der Waals surface area contributed by atoms with Gasteiger partial charge in [0.25, 0.3) is 0 Å². The Labute approximate surface area is 166 Å². The summed E-state index contributed by atoms with van der Waals surface area (Å²) in [4.78, 5) is 26.2.